The number of benzene rings is 1. The van der Waals surface area contributed by atoms with Gasteiger partial charge in [-0.2, -0.15) is 0 Å². The number of nitrogens with zero attached hydrogens (tertiary/aromatic N) is 1. The van der Waals surface area contributed by atoms with Gasteiger partial charge in [-0.25, -0.2) is 4.98 Å². The first-order valence-electron chi connectivity index (χ1n) is 6.08. The molecule has 0 amide bonds. The number of halogens is 1. The van der Waals surface area contributed by atoms with Crippen LogP contribution >= 0.6 is 27.3 Å². The Hall–Kier alpha value is -0.910. The maximum Gasteiger partial charge on any atom is 0.140 e. The van der Waals surface area contributed by atoms with Crippen LogP contribution in [-0.4, -0.2) is 4.98 Å². The summed E-state index contributed by atoms with van der Waals surface area (Å²) in [7, 11) is 0. The lowest BCUT2D eigenvalue weighted by atomic mass is 10.1. The summed E-state index contributed by atoms with van der Waals surface area (Å²) in [6.45, 7) is 6.52. The third-order valence-electron chi connectivity index (χ3n) is 2.89. The summed E-state index contributed by atoms with van der Waals surface area (Å²) in [6, 6.07) is 5.86. The third kappa shape index (κ3) is 3.55. The Morgan fingerprint density at radius 2 is 2.16 bits per heavy atom. The van der Waals surface area contributed by atoms with Crippen LogP contribution in [0.15, 0.2) is 22.7 Å². The highest BCUT2D eigenvalue weighted by molar-refractivity contribution is 9.10. The molecule has 0 saturated heterocycles. The standard InChI is InChI=1S/C14H17BrN2OS/c1-8(16)12-5-4-11(15)6-13(12)18-7-14-17-9(2)10(3)19-14/h4-6,8H,7,16H2,1-3H3/t8-/m0/s1. The van der Waals surface area contributed by atoms with E-state index in [1.54, 1.807) is 11.3 Å². The number of rotatable bonds is 4. The maximum absolute atomic E-state index is 5.95. The minimum absolute atomic E-state index is 0.0529. The Bertz CT molecular complexity index is 561. The van der Waals surface area contributed by atoms with Crippen LogP contribution in [0.4, 0.5) is 0 Å². The molecule has 0 bridgehead atoms. The Morgan fingerprint density at radius 3 is 2.74 bits per heavy atom. The summed E-state index contributed by atoms with van der Waals surface area (Å²) in [5.74, 6) is 0.815. The number of aromatic nitrogens is 1. The van der Waals surface area contributed by atoms with Gasteiger partial charge in [-0.15, -0.1) is 11.3 Å². The number of hydrogen-bond donors (Lipinski definition) is 1. The van der Waals surface area contributed by atoms with Crippen molar-refractivity contribution in [2.75, 3.05) is 0 Å². The molecule has 1 atom stereocenters. The molecule has 2 N–H and O–H groups in total. The van der Waals surface area contributed by atoms with Crippen LogP contribution < -0.4 is 10.5 Å². The van der Waals surface area contributed by atoms with E-state index in [0.717, 1.165) is 26.5 Å². The predicted molar refractivity (Wildman–Crippen MR) is 82.7 cm³/mol. The van der Waals surface area contributed by atoms with Crippen LogP contribution in [0.3, 0.4) is 0 Å². The normalized spacial score (nSPS) is 12.5. The van der Waals surface area contributed by atoms with Gasteiger partial charge in [0.25, 0.3) is 0 Å². The molecule has 2 aromatic rings. The molecule has 1 heterocycles. The number of ether oxygens (including phenoxy) is 1. The summed E-state index contributed by atoms with van der Waals surface area (Å²) in [5, 5.41) is 0.991. The molecule has 5 heteroatoms. The van der Waals surface area contributed by atoms with Crippen molar-refractivity contribution < 1.29 is 4.74 Å². The van der Waals surface area contributed by atoms with Crippen LogP contribution in [-0.2, 0) is 6.61 Å². The van der Waals surface area contributed by atoms with E-state index in [9.17, 15) is 0 Å². The van der Waals surface area contributed by atoms with E-state index in [1.807, 2.05) is 32.0 Å². The quantitative estimate of drug-likeness (QED) is 0.910. The number of aryl methyl sites for hydroxylation is 2. The molecule has 3 nitrogen and oxygen atoms in total. The van der Waals surface area contributed by atoms with E-state index >= 15 is 0 Å². The van der Waals surface area contributed by atoms with Crippen molar-refractivity contribution in [3.05, 3.63) is 43.8 Å². The van der Waals surface area contributed by atoms with Crippen LogP contribution in [0.25, 0.3) is 0 Å². The number of hydrogen-bond acceptors (Lipinski definition) is 4. The fourth-order valence-corrected chi connectivity index (χ4v) is 2.94. The van der Waals surface area contributed by atoms with Crippen molar-refractivity contribution in [1.82, 2.24) is 4.98 Å². The Kier molecular flexibility index (Phi) is 4.60. The fourth-order valence-electron chi connectivity index (χ4n) is 1.75. The topological polar surface area (TPSA) is 48.1 Å². The molecule has 19 heavy (non-hydrogen) atoms. The molecule has 0 spiro atoms. The highest BCUT2D eigenvalue weighted by Gasteiger charge is 2.10. The second-order valence-electron chi connectivity index (χ2n) is 4.51. The predicted octanol–water partition coefficient (Wildman–Crippen LogP) is 4.12. The van der Waals surface area contributed by atoms with Gasteiger partial charge in [0.1, 0.15) is 17.4 Å². The van der Waals surface area contributed by atoms with Crippen molar-refractivity contribution >= 4 is 27.3 Å². The van der Waals surface area contributed by atoms with Crippen LogP contribution in [0.1, 0.15) is 34.1 Å². The summed E-state index contributed by atoms with van der Waals surface area (Å²) >= 11 is 5.13. The zero-order valence-corrected chi connectivity index (χ0v) is 13.6. The van der Waals surface area contributed by atoms with Crippen LogP contribution in [0, 0.1) is 13.8 Å². The van der Waals surface area contributed by atoms with E-state index in [-0.39, 0.29) is 6.04 Å². The van der Waals surface area contributed by atoms with E-state index in [4.69, 9.17) is 10.5 Å². The SMILES string of the molecule is Cc1nc(COc2cc(Br)ccc2[C@H](C)N)sc1C. The van der Waals surface area contributed by atoms with Gasteiger partial charge in [0.05, 0.1) is 5.69 Å². The monoisotopic (exact) mass is 340 g/mol. The van der Waals surface area contributed by atoms with Gasteiger partial charge in [-0.1, -0.05) is 22.0 Å². The van der Waals surface area contributed by atoms with Gasteiger partial charge in [-0.3, -0.25) is 0 Å². The lowest BCUT2D eigenvalue weighted by Gasteiger charge is -2.13. The van der Waals surface area contributed by atoms with Gasteiger partial charge in [0.15, 0.2) is 0 Å². The number of nitrogens with two attached hydrogens (primary N) is 1. The van der Waals surface area contributed by atoms with Crippen molar-refractivity contribution in [2.45, 2.75) is 33.4 Å². The molecular formula is C14H17BrN2OS. The van der Waals surface area contributed by atoms with Crippen molar-refractivity contribution in [1.29, 1.82) is 0 Å². The molecule has 0 unspecified atom stereocenters. The average molecular weight is 341 g/mol. The lowest BCUT2D eigenvalue weighted by Crippen LogP contribution is -2.08. The van der Waals surface area contributed by atoms with Gasteiger partial charge < -0.3 is 10.5 Å². The van der Waals surface area contributed by atoms with E-state index in [2.05, 4.69) is 27.8 Å². The molecule has 1 aromatic carbocycles. The molecule has 0 aliphatic rings. The van der Waals surface area contributed by atoms with E-state index < -0.39 is 0 Å². The summed E-state index contributed by atoms with van der Waals surface area (Å²) < 4.78 is 6.86. The molecule has 0 radical (unpaired) electrons. The molecular weight excluding hydrogens is 324 g/mol. The van der Waals surface area contributed by atoms with Crippen LogP contribution in [0.5, 0.6) is 5.75 Å². The molecule has 0 aliphatic carbocycles. The van der Waals surface area contributed by atoms with Gasteiger partial charge in [-0.05, 0) is 32.9 Å². The average Bonchev–Trinajstić information content (AvgIpc) is 2.66. The first-order chi connectivity index (χ1) is 8.97. The first-order valence-corrected chi connectivity index (χ1v) is 7.69. The molecule has 2 rings (SSSR count). The molecule has 0 fully saturated rings. The van der Waals surface area contributed by atoms with Gasteiger partial charge in [0, 0.05) is 21.0 Å². The lowest BCUT2D eigenvalue weighted by molar-refractivity contribution is 0.300. The zero-order chi connectivity index (χ0) is 14.0. The van der Waals surface area contributed by atoms with Crippen LogP contribution in [0.2, 0.25) is 0 Å². The largest absolute Gasteiger partial charge is 0.486 e. The maximum atomic E-state index is 5.95. The van der Waals surface area contributed by atoms with Crippen molar-refractivity contribution in [3.63, 3.8) is 0 Å². The smallest absolute Gasteiger partial charge is 0.140 e. The second-order valence-corrected chi connectivity index (χ2v) is 6.71. The van der Waals surface area contributed by atoms with Gasteiger partial charge >= 0.3 is 0 Å². The van der Waals surface area contributed by atoms with Gasteiger partial charge in [0.2, 0.25) is 0 Å². The summed E-state index contributed by atoms with van der Waals surface area (Å²) in [6.07, 6.45) is 0. The van der Waals surface area contributed by atoms with E-state index in [0.29, 0.717) is 6.61 Å². The Morgan fingerprint density at radius 1 is 1.42 bits per heavy atom. The molecule has 102 valence electrons. The highest BCUT2D eigenvalue weighted by Crippen LogP contribution is 2.29. The minimum atomic E-state index is -0.0529. The molecule has 1 aromatic heterocycles. The van der Waals surface area contributed by atoms with Crippen molar-refractivity contribution in [2.24, 2.45) is 5.73 Å². The zero-order valence-electron chi connectivity index (χ0n) is 11.2. The summed E-state index contributed by atoms with van der Waals surface area (Å²) in [4.78, 5) is 5.71. The van der Waals surface area contributed by atoms with Crippen molar-refractivity contribution in [3.8, 4) is 5.75 Å². The highest BCUT2D eigenvalue weighted by atomic mass is 79.9. The minimum Gasteiger partial charge on any atom is -0.486 e. The Balaban J connectivity index is 2.16. The Labute approximate surface area is 125 Å². The first kappa shape index (κ1) is 14.5. The summed E-state index contributed by atoms with van der Waals surface area (Å²) in [5.41, 5.74) is 8.04. The second kappa shape index (κ2) is 6.03. The van der Waals surface area contributed by atoms with E-state index in [1.165, 1.54) is 4.88 Å². The molecule has 0 aliphatic heterocycles. The third-order valence-corrected chi connectivity index (χ3v) is 4.43. The fraction of sp³-hybridized carbons (Fsp3) is 0.357. The molecule has 0 saturated carbocycles. The number of thiazole rings is 1.